The van der Waals surface area contributed by atoms with Gasteiger partial charge in [0.25, 0.3) is 5.91 Å². The van der Waals surface area contributed by atoms with E-state index in [2.05, 4.69) is 10.6 Å². The van der Waals surface area contributed by atoms with Crippen molar-refractivity contribution in [3.05, 3.63) is 89.2 Å². The van der Waals surface area contributed by atoms with Crippen LogP contribution in [0.5, 0.6) is 0 Å². The van der Waals surface area contributed by atoms with Gasteiger partial charge in [-0.25, -0.2) is 4.39 Å². The Morgan fingerprint density at radius 2 is 1.83 bits per heavy atom. The first-order valence-electron chi connectivity index (χ1n) is 9.05. The lowest BCUT2D eigenvalue weighted by Crippen LogP contribution is -2.16. The van der Waals surface area contributed by atoms with Gasteiger partial charge in [-0.1, -0.05) is 24.3 Å². The molecule has 0 aliphatic heterocycles. The highest BCUT2D eigenvalue weighted by Gasteiger charge is 2.15. The van der Waals surface area contributed by atoms with E-state index < -0.39 is 11.7 Å². The second kappa shape index (κ2) is 9.72. The third-order valence-electron chi connectivity index (χ3n) is 4.14. The highest BCUT2D eigenvalue weighted by molar-refractivity contribution is 8.00. The van der Waals surface area contributed by atoms with Gasteiger partial charge in [0.05, 0.1) is 28.6 Å². The van der Waals surface area contributed by atoms with Gasteiger partial charge in [0.1, 0.15) is 5.82 Å². The van der Waals surface area contributed by atoms with Gasteiger partial charge in [0.2, 0.25) is 5.91 Å². The number of carbonyl (C=O) groups is 2. The number of thioether (sulfide) groups is 1. The topological polar surface area (TPSA) is 82.0 Å². The van der Waals surface area contributed by atoms with Crippen LogP contribution < -0.4 is 10.6 Å². The van der Waals surface area contributed by atoms with E-state index in [1.54, 1.807) is 60.7 Å². The van der Waals surface area contributed by atoms with E-state index in [1.165, 1.54) is 17.8 Å². The second-order valence-electron chi connectivity index (χ2n) is 6.46. The Morgan fingerprint density at radius 1 is 1.03 bits per heavy atom. The van der Waals surface area contributed by atoms with Crippen LogP contribution in [-0.2, 0) is 4.79 Å². The lowest BCUT2D eigenvalue weighted by molar-refractivity contribution is -0.113. The zero-order valence-corrected chi connectivity index (χ0v) is 16.9. The molecule has 7 heteroatoms. The molecule has 3 aromatic rings. The standard InChI is InChI=1S/C23H18FN3O2S/c1-15-9-10-19(24)20(11-15)27-23(29)18-7-2-3-8-21(18)30-14-22(28)26-17-6-4-5-16(12-17)13-25/h2-12H,14H2,1H3,(H,26,28)(H,27,29). The summed E-state index contributed by atoms with van der Waals surface area (Å²) in [5.74, 6) is -1.17. The van der Waals surface area contributed by atoms with Crippen molar-refractivity contribution in [2.75, 3.05) is 16.4 Å². The third kappa shape index (κ3) is 5.46. The van der Waals surface area contributed by atoms with E-state index in [4.69, 9.17) is 5.26 Å². The molecule has 0 aromatic heterocycles. The van der Waals surface area contributed by atoms with E-state index in [-0.39, 0.29) is 17.3 Å². The highest BCUT2D eigenvalue weighted by Crippen LogP contribution is 2.25. The number of nitriles is 1. The summed E-state index contributed by atoms with van der Waals surface area (Å²) in [6.45, 7) is 1.81. The minimum Gasteiger partial charge on any atom is -0.325 e. The molecule has 0 saturated heterocycles. The number of amides is 2. The molecule has 150 valence electrons. The van der Waals surface area contributed by atoms with Crippen molar-refractivity contribution < 1.29 is 14.0 Å². The zero-order valence-electron chi connectivity index (χ0n) is 16.1. The van der Waals surface area contributed by atoms with Gasteiger partial charge in [-0.3, -0.25) is 9.59 Å². The molecule has 0 saturated carbocycles. The molecule has 0 aliphatic carbocycles. The Hall–Kier alpha value is -3.63. The molecule has 2 amide bonds. The lowest BCUT2D eigenvalue weighted by atomic mass is 10.2. The summed E-state index contributed by atoms with van der Waals surface area (Å²) >= 11 is 1.20. The van der Waals surface area contributed by atoms with E-state index >= 15 is 0 Å². The summed E-state index contributed by atoms with van der Waals surface area (Å²) in [6.07, 6.45) is 0. The van der Waals surface area contributed by atoms with Gasteiger partial charge in [-0.2, -0.15) is 5.26 Å². The van der Waals surface area contributed by atoms with Crippen LogP contribution in [0.1, 0.15) is 21.5 Å². The smallest absolute Gasteiger partial charge is 0.256 e. The van der Waals surface area contributed by atoms with Crippen LogP contribution >= 0.6 is 11.8 Å². The summed E-state index contributed by atoms with van der Waals surface area (Å²) in [7, 11) is 0. The molecule has 30 heavy (non-hydrogen) atoms. The Labute approximate surface area is 177 Å². The lowest BCUT2D eigenvalue weighted by Gasteiger charge is -2.11. The molecule has 5 nitrogen and oxygen atoms in total. The minimum atomic E-state index is -0.516. The van der Waals surface area contributed by atoms with Crippen molar-refractivity contribution >= 4 is 35.0 Å². The van der Waals surface area contributed by atoms with E-state index in [9.17, 15) is 14.0 Å². The highest BCUT2D eigenvalue weighted by atomic mass is 32.2. The number of hydrogen-bond donors (Lipinski definition) is 2. The fraction of sp³-hybridized carbons (Fsp3) is 0.0870. The summed E-state index contributed by atoms with van der Waals surface area (Å²) < 4.78 is 14.0. The molecule has 2 N–H and O–H groups in total. The molecule has 3 aromatic carbocycles. The van der Waals surface area contributed by atoms with Crippen LogP contribution in [0.2, 0.25) is 0 Å². The molecule has 0 bridgehead atoms. The average Bonchev–Trinajstić information content (AvgIpc) is 2.75. The molecule has 0 unspecified atom stereocenters. The van der Waals surface area contributed by atoms with Crippen LogP contribution in [0.3, 0.4) is 0 Å². The number of carbonyl (C=O) groups excluding carboxylic acids is 2. The number of rotatable bonds is 6. The SMILES string of the molecule is Cc1ccc(F)c(NC(=O)c2ccccc2SCC(=O)Nc2cccc(C#N)c2)c1. The summed E-state index contributed by atoms with van der Waals surface area (Å²) in [6, 6.07) is 19.9. The molecular formula is C23H18FN3O2S. The number of nitrogens with one attached hydrogen (secondary N) is 2. The molecule has 0 heterocycles. The maximum absolute atomic E-state index is 14.0. The van der Waals surface area contributed by atoms with E-state index in [1.807, 2.05) is 13.0 Å². The summed E-state index contributed by atoms with van der Waals surface area (Å²) in [4.78, 5) is 25.6. The first-order chi connectivity index (χ1) is 14.5. The van der Waals surface area contributed by atoms with Crippen molar-refractivity contribution in [2.45, 2.75) is 11.8 Å². The maximum Gasteiger partial charge on any atom is 0.256 e. The predicted molar refractivity (Wildman–Crippen MR) is 116 cm³/mol. The second-order valence-corrected chi connectivity index (χ2v) is 7.48. The van der Waals surface area contributed by atoms with Crippen molar-refractivity contribution in [2.24, 2.45) is 0 Å². The average molecular weight is 419 g/mol. The van der Waals surface area contributed by atoms with Gasteiger partial charge in [0.15, 0.2) is 0 Å². The van der Waals surface area contributed by atoms with Crippen LogP contribution in [0.4, 0.5) is 15.8 Å². The van der Waals surface area contributed by atoms with Crippen molar-refractivity contribution in [1.29, 1.82) is 5.26 Å². The van der Waals surface area contributed by atoms with Gasteiger partial charge < -0.3 is 10.6 Å². The number of aryl methyl sites for hydroxylation is 1. The molecule has 3 rings (SSSR count). The number of halogens is 1. The van der Waals surface area contributed by atoms with Crippen molar-refractivity contribution in [3.63, 3.8) is 0 Å². The fourth-order valence-electron chi connectivity index (χ4n) is 2.71. The monoisotopic (exact) mass is 419 g/mol. The molecule has 0 atom stereocenters. The summed E-state index contributed by atoms with van der Waals surface area (Å²) in [5, 5.41) is 14.3. The molecule has 0 spiro atoms. The minimum absolute atomic E-state index is 0.0693. The van der Waals surface area contributed by atoms with E-state index in [0.29, 0.717) is 21.7 Å². The number of hydrogen-bond acceptors (Lipinski definition) is 4. The van der Waals surface area contributed by atoms with Crippen LogP contribution in [0.25, 0.3) is 0 Å². The predicted octanol–water partition coefficient (Wildman–Crippen LogP) is 4.99. The Kier molecular flexibility index (Phi) is 6.83. The maximum atomic E-state index is 14.0. The molecule has 0 radical (unpaired) electrons. The molecule has 0 fully saturated rings. The summed E-state index contributed by atoms with van der Waals surface area (Å²) in [5.41, 5.74) is 2.26. The van der Waals surface area contributed by atoms with Crippen LogP contribution in [-0.4, -0.2) is 17.6 Å². The Bertz CT molecular complexity index is 1140. The van der Waals surface area contributed by atoms with Gasteiger partial charge >= 0.3 is 0 Å². The number of anilines is 2. The zero-order chi connectivity index (χ0) is 21.5. The Morgan fingerprint density at radius 3 is 2.63 bits per heavy atom. The van der Waals surface area contributed by atoms with Gasteiger partial charge in [-0.05, 0) is 55.0 Å². The number of nitrogens with zero attached hydrogens (tertiary/aromatic N) is 1. The van der Waals surface area contributed by atoms with E-state index in [0.717, 1.165) is 5.56 Å². The Balaban J connectivity index is 1.67. The molecule has 0 aliphatic rings. The molecular weight excluding hydrogens is 401 g/mol. The largest absolute Gasteiger partial charge is 0.325 e. The van der Waals surface area contributed by atoms with Gasteiger partial charge in [-0.15, -0.1) is 11.8 Å². The van der Waals surface area contributed by atoms with Crippen molar-refractivity contribution in [3.8, 4) is 6.07 Å². The van der Waals surface area contributed by atoms with Gasteiger partial charge in [0, 0.05) is 10.6 Å². The third-order valence-corrected chi connectivity index (χ3v) is 5.21. The fourth-order valence-corrected chi connectivity index (χ4v) is 3.56. The first-order valence-corrected chi connectivity index (χ1v) is 10.0. The van der Waals surface area contributed by atoms with Crippen LogP contribution in [0, 0.1) is 24.1 Å². The first kappa shape index (κ1) is 21.1. The van der Waals surface area contributed by atoms with Crippen LogP contribution in [0.15, 0.2) is 71.6 Å². The van der Waals surface area contributed by atoms with Crippen molar-refractivity contribution in [1.82, 2.24) is 0 Å². The number of benzene rings is 3. The quantitative estimate of drug-likeness (QED) is 0.552. The normalized spacial score (nSPS) is 10.2.